The van der Waals surface area contributed by atoms with Crippen LogP contribution in [-0.2, 0) is 4.74 Å². The first kappa shape index (κ1) is 16.3. The van der Waals surface area contributed by atoms with E-state index in [2.05, 4.69) is 27.2 Å². The summed E-state index contributed by atoms with van der Waals surface area (Å²) in [5, 5.41) is 3.88. The number of rotatable bonds is 8. The van der Waals surface area contributed by atoms with Gasteiger partial charge in [0.25, 0.3) is 0 Å². The lowest BCUT2D eigenvalue weighted by molar-refractivity contribution is 0.129. The summed E-state index contributed by atoms with van der Waals surface area (Å²) in [6.45, 7) is 7.73. The first-order valence-corrected chi connectivity index (χ1v) is 8.57. The Morgan fingerprint density at radius 2 is 2.24 bits per heavy atom. The zero-order chi connectivity index (χ0) is 15.1. The Morgan fingerprint density at radius 3 is 2.90 bits per heavy atom. The van der Waals surface area contributed by atoms with Gasteiger partial charge >= 0.3 is 6.01 Å². The van der Waals surface area contributed by atoms with Crippen LogP contribution >= 0.6 is 11.8 Å². The molecule has 6 nitrogen and oxygen atoms in total. The second-order valence-corrected chi connectivity index (χ2v) is 6.25. The van der Waals surface area contributed by atoms with Crippen LogP contribution in [0.2, 0.25) is 0 Å². The molecule has 0 amide bonds. The number of hydrogen-bond donors (Lipinski definition) is 1. The first-order valence-electron chi connectivity index (χ1n) is 7.58. The highest BCUT2D eigenvalue weighted by Gasteiger charge is 2.17. The standard InChI is InChI=1S/C14H24N4O2S/c1-4-7-15-12-16-13(20-10(2)3)18-14(17-12)21-9-11-6-5-8-19-11/h10-11H,4-9H2,1-3H3,(H,15,16,17,18). The van der Waals surface area contributed by atoms with Gasteiger partial charge in [0.2, 0.25) is 5.95 Å². The van der Waals surface area contributed by atoms with Gasteiger partial charge in [0, 0.05) is 18.9 Å². The van der Waals surface area contributed by atoms with E-state index < -0.39 is 0 Å². The van der Waals surface area contributed by atoms with Crippen molar-refractivity contribution in [2.24, 2.45) is 0 Å². The van der Waals surface area contributed by atoms with Crippen molar-refractivity contribution in [2.75, 3.05) is 24.2 Å². The molecule has 2 heterocycles. The second kappa shape index (κ2) is 8.38. The molecule has 1 aromatic heterocycles. The van der Waals surface area contributed by atoms with E-state index in [0.29, 0.717) is 23.2 Å². The van der Waals surface area contributed by atoms with Crippen molar-refractivity contribution in [3.05, 3.63) is 0 Å². The Hall–Kier alpha value is -1.08. The zero-order valence-corrected chi connectivity index (χ0v) is 13.8. The van der Waals surface area contributed by atoms with Gasteiger partial charge in [-0.2, -0.15) is 15.0 Å². The van der Waals surface area contributed by atoms with Crippen molar-refractivity contribution in [3.63, 3.8) is 0 Å². The molecule has 0 radical (unpaired) electrons. The minimum atomic E-state index is 0.0439. The van der Waals surface area contributed by atoms with Gasteiger partial charge in [-0.05, 0) is 33.1 Å². The smallest absolute Gasteiger partial charge is 0.322 e. The predicted molar refractivity (Wildman–Crippen MR) is 84.1 cm³/mol. The molecule has 1 aromatic rings. The van der Waals surface area contributed by atoms with Crippen molar-refractivity contribution >= 4 is 17.7 Å². The van der Waals surface area contributed by atoms with E-state index in [4.69, 9.17) is 9.47 Å². The third kappa shape index (κ3) is 5.67. The summed E-state index contributed by atoms with van der Waals surface area (Å²) < 4.78 is 11.2. The fourth-order valence-electron chi connectivity index (χ4n) is 1.93. The van der Waals surface area contributed by atoms with Crippen LogP contribution in [0.15, 0.2) is 5.16 Å². The highest BCUT2D eigenvalue weighted by molar-refractivity contribution is 7.99. The monoisotopic (exact) mass is 312 g/mol. The molecule has 0 spiro atoms. The van der Waals surface area contributed by atoms with Gasteiger partial charge in [0.1, 0.15) is 0 Å². The van der Waals surface area contributed by atoms with Crippen LogP contribution in [0.25, 0.3) is 0 Å². The number of nitrogens with one attached hydrogen (secondary N) is 1. The molecule has 118 valence electrons. The maximum atomic E-state index is 5.63. The summed E-state index contributed by atoms with van der Waals surface area (Å²) in [5.74, 6) is 1.45. The lowest BCUT2D eigenvalue weighted by atomic mass is 10.3. The second-order valence-electron chi connectivity index (χ2n) is 5.26. The molecule has 1 saturated heterocycles. The number of thioether (sulfide) groups is 1. The van der Waals surface area contributed by atoms with Crippen molar-refractivity contribution in [1.29, 1.82) is 0 Å². The molecule has 7 heteroatoms. The van der Waals surface area contributed by atoms with Crippen LogP contribution in [0.1, 0.15) is 40.0 Å². The number of nitrogens with zero attached hydrogens (tertiary/aromatic N) is 3. The zero-order valence-electron chi connectivity index (χ0n) is 13.0. The molecule has 21 heavy (non-hydrogen) atoms. The molecule has 1 aliphatic heterocycles. The Morgan fingerprint density at radius 1 is 1.38 bits per heavy atom. The summed E-state index contributed by atoms with van der Waals surface area (Å²) in [7, 11) is 0. The van der Waals surface area contributed by atoms with Crippen molar-refractivity contribution in [2.45, 2.75) is 57.4 Å². The fraction of sp³-hybridized carbons (Fsp3) is 0.786. The molecule has 1 aliphatic rings. The Labute approximate surface area is 130 Å². The van der Waals surface area contributed by atoms with E-state index in [9.17, 15) is 0 Å². The van der Waals surface area contributed by atoms with E-state index in [0.717, 1.165) is 38.2 Å². The lowest BCUT2D eigenvalue weighted by Crippen LogP contribution is -2.13. The highest BCUT2D eigenvalue weighted by Crippen LogP contribution is 2.23. The van der Waals surface area contributed by atoms with Crippen LogP contribution < -0.4 is 10.1 Å². The molecule has 2 rings (SSSR count). The summed E-state index contributed by atoms with van der Waals surface area (Å²) in [4.78, 5) is 13.1. The third-order valence-corrected chi connectivity index (χ3v) is 3.87. The molecule has 1 N–H and O–H groups in total. The maximum Gasteiger partial charge on any atom is 0.322 e. The minimum Gasteiger partial charge on any atom is -0.461 e. The molecule has 1 atom stereocenters. The van der Waals surface area contributed by atoms with E-state index in [-0.39, 0.29) is 6.10 Å². The van der Waals surface area contributed by atoms with E-state index in [1.165, 1.54) is 0 Å². The maximum absolute atomic E-state index is 5.63. The molecule has 1 unspecified atom stereocenters. The van der Waals surface area contributed by atoms with Crippen molar-refractivity contribution < 1.29 is 9.47 Å². The number of hydrogen-bond acceptors (Lipinski definition) is 7. The topological polar surface area (TPSA) is 69.2 Å². The van der Waals surface area contributed by atoms with E-state index in [1.54, 1.807) is 11.8 Å². The van der Waals surface area contributed by atoms with Gasteiger partial charge in [-0.15, -0.1) is 0 Å². The van der Waals surface area contributed by atoms with E-state index in [1.807, 2.05) is 13.8 Å². The summed E-state index contributed by atoms with van der Waals surface area (Å²) in [6.07, 6.45) is 3.64. The molecular formula is C14H24N4O2S. The van der Waals surface area contributed by atoms with Crippen LogP contribution in [0.3, 0.4) is 0 Å². The van der Waals surface area contributed by atoms with Gasteiger partial charge in [-0.25, -0.2) is 0 Å². The molecule has 1 fully saturated rings. The lowest BCUT2D eigenvalue weighted by Gasteiger charge is -2.12. The fourth-order valence-corrected chi connectivity index (χ4v) is 2.82. The Balaban J connectivity index is 2.01. The van der Waals surface area contributed by atoms with Crippen molar-refractivity contribution in [1.82, 2.24) is 15.0 Å². The van der Waals surface area contributed by atoms with Gasteiger partial charge < -0.3 is 14.8 Å². The quantitative estimate of drug-likeness (QED) is 0.740. The number of ether oxygens (including phenoxy) is 2. The normalized spacial score (nSPS) is 18.2. The summed E-state index contributed by atoms with van der Waals surface area (Å²) in [6, 6.07) is 0.383. The third-order valence-electron chi connectivity index (χ3n) is 2.89. The number of anilines is 1. The van der Waals surface area contributed by atoms with Gasteiger partial charge in [0.05, 0.1) is 12.2 Å². The summed E-state index contributed by atoms with van der Waals surface area (Å²) in [5.41, 5.74) is 0. The largest absolute Gasteiger partial charge is 0.461 e. The molecule has 0 aliphatic carbocycles. The molecular weight excluding hydrogens is 288 g/mol. The van der Waals surface area contributed by atoms with Crippen LogP contribution in [-0.4, -0.2) is 46.1 Å². The highest BCUT2D eigenvalue weighted by atomic mass is 32.2. The Kier molecular flexibility index (Phi) is 6.50. The molecule has 0 aromatic carbocycles. The first-order chi connectivity index (χ1) is 10.2. The van der Waals surface area contributed by atoms with Gasteiger partial charge in [0.15, 0.2) is 5.16 Å². The predicted octanol–water partition coefficient (Wildman–Crippen LogP) is 2.75. The SMILES string of the molecule is CCCNc1nc(OC(C)C)nc(SCC2CCCO2)n1. The van der Waals surface area contributed by atoms with Gasteiger partial charge in [-0.1, -0.05) is 18.7 Å². The minimum absolute atomic E-state index is 0.0439. The van der Waals surface area contributed by atoms with Crippen LogP contribution in [0.4, 0.5) is 5.95 Å². The number of aromatic nitrogens is 3. The summed E-state index contributed by atoms with van der Waals surface area (Å²) >= 11 is 1.60. The van der Waals surface area contributed by atoms with Crippen LogP contribution in [0.5, 0.6) is 6.01 Å². The van der Waals surface area contributed by atoms with E-state index >= 15 is 0 Å². The van der Waals surface area contributed by atoms with Crippen LogP contribution in [0, 0.1) is 0 Å². The Bertz CT molecular complexity index is 439. The van der Waals surface area contributed by atoms with Gasteiger partial charge in [-0.3, -0.25) is 0 Å². The molecule has 0 bridgehead atoms. The van der Waals surface area contributed by atoms with Crippen molar-refractivity contribution in [3.8, 4) is 6.01 Å². The average molecular weight is 312 g/mol. The molecule has 0 saturated carbocycles. The average Bonchev–Trinajstić information content (AvgIpc) is 2.95.